The number of hydrogen-bond acceptors (Lipinski definition) is 5. The van der Waals surface area contributed by atoms with E-state index in [9.17, 15) is 14.4 Å². The summed E-state index contributed by atoms with van der Waals surface area (Å²) in [7, 11) is 0. The number of hydrogen-bond donors (Lipinski definition) is 1. The topological polar surface area (TPSA) is 81.7 Å². The van der Waals surface area contributed by atoms with Crippen molar-refractivity contribution in [3.63, 3.8) is 0 Å². The number of ketones is 1. The first kappa shape index (κ1) is 20.2. The van der Waals surface area contributed by atoms with Crippen LogP contribution in [0.15, 0.2) is 48.5 Å². The molecule has 1 N–H and O–H groups in total. The normalized spacial score (nSPS) is 11.4. The van der Waals surface area contributed by atoms with Crippen LogP contribution in [0.5, 0.6) is 5.75 Å². The van der Waals surface area contributed by atoms with E-state index in [4.69, 9.17) is 9.47 Å². The van der Waals surface area contributed by atoms with Crippen LogP contribution in [0.1, 0.15) is 36.2 Å². The lowest BCUT2D eigenvalue weighted by Gasteiger charge is -2.14. The van der Waals surface area contributed by atoms with Crippen molar-refractivity contribution in [2.75, 3.05) is 11.9 Å². The molecule has 6 nitrogen and oxygen atoms in total. The summed E-state index contributed by atoms with van der Waals surface area (Å²) >= 11 is 0. The van der Waals surface area contributed by atoms with Crippen LogP contribution in [0.3, 0.4) is 0 Å². The minimum Gasteiger partial charge on any atom is -0.493 e. The number of carbonyl (C=O) groups is 3. The van der Waals surface area contributed by atoms with Gasteiger partial charge in [0, 0.05) is 11.3 Å². The van der Waals surface area contributed by atoms with Gasteiger partial charge in [-0.2, -0.15) is 0 Å². The van der Waals surface area contributed by atoms with Gasteiger partial charge in [0.2, 0.25) is 0 Å². The first-order valence-corrected chi connectivity index (χ1v) is 8.66. The van der Waals surface area contributed by atoms with Crippen LogP contribution >= 0.6 is 0 Å². The molecule has 1 amide bonds. The number of ether oxygens (including phenoxy) is 2. The fourth-order valence-corrected chi connectivity index (χ4v) is 2.26. The molecule has 0 radical (unpaired) electrons. The highest BCUT2D eigenvalue weighted by Gasteiger charge is 2.18. The lowest BCUT2D eigenvalue weighted by molar-refractivity contribution is -0.153. The van der Waals surface area contributed by atoms with Crippen molar-refractivity contribution in [1.29, 1.82) is 0 Å². The van der Waals surface area contributed by atoms with Gasteiger partial charge in [0.25, 0.3) is 5.91 Å². The summed E-state index contributed by atoms with van der Waals surface area (Å²) in [6.45, 7) is 5.08. The summed E-state index contributed by atoms with van der Waals surface area (Å²) in [5, 5.41) is 2.63. The van der Waals surface area contributed by atoms with E-state index in [1.165, 1.54) is 13.8 Å². The lowest BCUT2D eigenvalue weighted by Crippen LogP contribution is -2.30. The van der Waals surface area contributed by atoms with Crippen LogP contribution in [-0.2, 0) is 14.3 Å². The Kier molecular flexibility index (Phi) is 7.11. The number of amides is 1. The molecule has 2 aromatic rings. The molecule has 0 aliphatic heterocycles. The van der Waals surface area contributed by atoms with Crippen LogP contribution in [0.25, 0.3) is 0 Å². The average Bonchev–Trinajstić information content (AvgIpc) is 2.63. The van der Waals surface area contributed by atoms with Crippen molar-refractivity contribution in [2.24, 2.45) is 0 Å². The van der Waals surface area contributed by atoms with Gasteiger partial charge in [-0.1, -0.05) is 29.8 Å². The molecule has 27 heavy (non-hydrogen) atoms. The first-order chi connectivity index (χ1) is 12.8. The molecule has 0 aliphatic rings. The molecule has 0 aromatic heterocycles. The molecule has 0 bridgehead atoms. The largest absolute Gasteiger partial charge is 0.493 e. The Labute approximate surface area is 158 Å². The summed E-state index contributed by atoms with van der Waals surface area (Å²) < 4.78 is 10.6. The quantitative estimate of drug-likeness (QED) is 0.568. The van der Waals surface area contributed by atoms with Gasteiger partial charge in [-0.25, -0.2) is 0 Å². The molecule has 2 rings (SSSR count). The number of aryl methyl sites for hydroxylation is 1. The molecule has 6 heteroatoms. The van der Waals surface area contributed by atoms with E-state index in [1.54, 1.807) is 24.3 Å². The summed E-state index contributed by atoms with van der Waals surface area (Å²) in [5.74, 6) is -0.422. The van der Waals surface area contributed by atoms with E-state index < -0.39 is 18.0 Å². The zero-order valence-electron chi connectivity index (χ0n) is 15.7. The number of rotatable bonds is 8. The Balaban J connectivity index is 1.77. The molecule has 0 saturated carbocycles. The van der Waals surface area contributed by atoms with E-state index in [-0.39, 0.29) is 18.8 Å². The number of Topliss-reactive ketones (excluding diaryl/α,β-unsaturated/α-hetero) is 1. The maximum Gasteiger partial charge on any atom is 0.310 e. The molecule has 0 aliphatic carbocycles. The highest BCUT2D eigenvalue weighted by atomic mass is 16.5. The minimum absolute atomic E-state index is 0.0331. The van der Waals surface area contributed by atoms with Gasteiger partial charge >= 0.3 is 5.97 Å². The molecule has 0 heterocycles. The number of benzene rings is 2. The summed E-state index contributed by atoms with van der Waals surface area (Å²) in [6.07, 6.45) is -0.927. The standard InChI is InChI=1S/C21H23NO5/c1-14-7-9-19(10-8-14)26-12-11-20(24)27-16(3)21(25)22-18-6-4-5-17(13-18)15(2)23/h4-10,13,16H,11-12H2,1-3H3,(H,22,25)/t16-/m0/s1. The lowest BCUT2D eigenvalue weighted by atomic mass is 10.1. The van der Waals surface area contributed by atoms with Gasteiger partial charge in [-0.05, 0) is 45.0 Å². The van der Waals surface area contributed by atoms with Crippen molar-refractivity contribution in [2.45, 2.75) is 33.3 Å². The highest BCUT2D eigenvalue weighted by Crippen LogP contribution is 2.13. The molecule has 142 valence electrons. The number of nitrogens with one attached hydrogen (secondary N) is 1. The molecule has 2 aromatic carbocycles. The summed E-state index contributed by atoms with van der Waals surface area (Å²) in [4.78, 5) is 35.4. The zero-order chi connectivity index (χ0) is 19.8. The van der Waals surface area contributed by atoms with E-state index in [0.717, 1.165) is 5.56 Å². The van der Waals surface area contributed by atoms with Crippen LogP contribution in [0.2, 0.25) is 0 Å². The van der Waals surface area contributed by atoms with Crippen molar-refractivity contribution in [1.82, 2.24) is 0 Å². The van der Waals surface area contributed by atoms with Crippen LogP contribution in [0, 0.1) is 6.92 Å². The van der Waals surface area contributed by atoms with Gasteiger partial charge in [-0.3, -0.25) is 14.4 Å². The third-order valence-electron chi connectivity index (χ3n) is 3.81. The summed E-state index contributed by atoms with van der Waals surface area (Å²) in [5.41, 5.74) is 2.08. The molecular formula is C21H23NO5. The Morgan fingerprint density at radius 2 is 1.78 bits per heavy atom. The predicted molar refractivity (Wildman–Crippen MR) is 102 cm³/mol. The van der Waals surface area contributed by atoms with Crippen molar-refractivity contribution in [3.8, 4) is 5.75 Å². The fourth-order valence-electron chi connectivity index (χ4n) is 2.26. The number of carbonyl (C=O) groups excluding carboxylic acids is 3. The van der Waals surface area contributed by atoms with Gasteiger partial charge in [-0.15, -0.1) is 0 Å². The molecule has 0 fully saturated rings. The van der Waals surface area contributed by atoms with Crippen LogP contribution in [0.4, 0.5) is 5.69 Å². The summed E-state index contributed by atoms with van der Waals surface area (Å²) in [6, 6.07) is 14.1. The van der Waals surface area contributed by atoms with E-state index >= 15 is 0 Å². The van der Waals surface area contributed by atoms with Crippen molar-refractivity contribution >= 4 is 23.3 Å². The Bertz CT molecular complexity index is 814. The minimum atomic E-state index is -0.960. The van der Waals surface area contributed by atoms with E-state index in [0.29, 0.717) is 17.0 Å². The maximum absolute atomic E-state index is 12.2. The van der Waals surface area contributed by atoms with E-state index in [2.05, 4.69) is 5.32 Å². The average molecular weight is 369 g/mol. The Morgan fingerprint density at radius 3 is 2.44 bits per heavy atom. The second kappa shape index (κ2) is 9.52. The third kappa shape index (κ3) is 6.58. The molecule has 0 unspecified atom stereocenters. The highest BCUT2D eigenvalue weighted by molar-refractivity contribution is 5.98. The molecular weight excluding hydrogens is 346 g/mol. The van der Waals surface area contributed by atoms with Gasteiger partial charge in [0.05, 0.1) is 13.0 Å². The second-order valence-electron chi connectivity index (χ2n) is 6.17. The van der Waals surface area contributed by atoms with Crippen LogP contribution in [-0.4, -0.2) is 30.4 Å². The van der Waals surface area contributed by atoms with Crippen molar-refractivity contribution in [3.05, 3.63) is 59.7 Å². The second-order valence-corrected chi connectivity index (χ2v) is 6.17. The van der Waals surface area contributed by atoms with Gasteiger partial charge < -0.3 is 14.8 Å². The Morgan fingerprint density at radius 1 is 1.07 bits per heavy atom. The Hall–Kier alpha value is -3.15. The fraction of sp³-hybridized carbons (Fsp3) is 0.286. The number of esters is 1. The zero-order valence-corrected chi connectivity index (χ0v) is 15.7. The van der Waals surface area contributed by atoms with Gasteiger partial charge in [0.1, 0.15) is 5.75 Å². The molecule has 1 atom stereocenters. The van der Waals surface area contributed by atoms with Gasteiger partial charge in [0.15, 0.2) is 11.9 Å². The first-order valence-electron chi connectivity index (χ1n) is 8.66. The van der Waals surface area contributed by atoms with Crippen molar-refractivity contribution < 1.29 is 23.9 Å². The molecule has 0 spiro atoms. The molecule has 0 saturated heterocycles. The van der Waals surface area contributed by atoms with E-state index in [1.807, 2.05) is 31.2 Å². The third-order valence-corrected chi connectivity index (χ3v) is 3.81. The maximum atomic E-state index is 12.2. The smallest absolute Gasteiger partial charge is 0.310 e. The monoisotopic (exact) mass is 369 g/mol. The SMILES string of the molecule is CC(=O)c1cccc(NC(=O)[C@H](C)OC(=O)CCOc2ccc(C)cc2)c1. The number of anilines is 1. The predicted octanol–water partition coefficient (Wildman–Crippen LogP) is 3.54. The van der Waals surface area contributed by atoms with Crippen LogP contribution < -0.4 is 10.1 Å².